The van der Waals surface area contributed by atoms with Crippen molar-refractivity contribution >= 4 is 17.6 Å². The second kappa shape index (κ2) is 9.74. The minimum atomic E-state index is 0.229. The van der Waals surface area contributed by atoms with Crippen LogP contribution in [0.1, 0.15) is 38.2 Å². The highest BCUT2D eigenvalue weighted by Crippen LogP contribution is 2.21. The summed E-state index contributed by atoms with van der Waals surface area (Å²) in [6, 6.07) is 8.22. The number of guanidine groups is 1. The summed E-state index contributed by atoms with van der Waals surface area (Å²) < 4.78 is 0. The maximum absolute atomic E-state index is 11.9. The fourth-order valence-electron chi connectivity index (χ4n) is 3.90. The molecule has 148 valence electrons. The SMILES string of the molecule is CCNC(=NCc1ccc(N2CCCC2=O)cc1)NCC1CCCN(C)C1. The molecule has 0 aromatic heterocycles. The first-order chi connectivity index (χ1) is 13.2. The standard InChI is InChI=1S/C21H33N5O/c1-3-22-21(24-15-18-6-4-12-25(2)16-18)23-14-17-8-10-19(11-9-17)26-13-5-7-20(26)27/h8-11,18H,3-7,12-16H2,1-2H3,(H2,22,23,24). The predicted molar refractivity (Wildman–Crippen MR) is 111 cm³/mol. The Morgan fingerprint density at radius 2 is 2.00 bits per heavy atom. The Kier molecular flexibility index (Phi) is 7.10. The van der Waals surface area contributed by atoms with E-state index in [0.29, 0.717) is 18.9 Å². The summed E-state index contributed by atoms with van der Waals surface area (Å²) in [7, 11) is 2.20. The van der Waals surface area contributed by atoms with Gasteiger partial charge in [-0.05, 0) is 63.4 Å². The van der Waals surface area contributed by atoms with Crippen LogP contribution in [0.4, 0.5) is 5.69 Å². The molecule has 3 rings (SSSR count). The summed E-state index contributed by atoms with van der Waals surface area (Å²) in [6.07, 6.45) is 4.19. The molecule has 2 aliphatic heterocycles. The number of hydrogen-bond donors (Lipinski definition) is 2. The molecule has 1 aromatic rings. The first-order valence-corrected chi connectivity index (χ1v) is 10.3. The molecule has 1 aromatic carbocycles. The van der Waals surface area contributed by atoms with Crippen molar-refractivity contribution in [2.75, 3.05) is 44.7 Å². The number of carbonyl (C=O) groups excluding carboxylic acids is 1. The zero-order valence-electron chi connectivity index (χ0n) is 16.7. The van der Waals surface area contributed by atoms with E-state index in [9.17, 15) is 4.79 Å². The highest BCUT2D eigenvalue weighted by molar-refractivity contribution is 5.95. The van der Waals surface area contributed by atoms with Crippen LogP contribution in [-0.2, 0) is 11.3 Å². The van der Waals surface area contributed by atoms with Crippen LogP contribution in [0, 0.1) is 5.92 Å². The minimum absolute atomic E-state index is 0.229. The number of aliphatic imine (C=N–C) groups is 1. The van der Waals surface area contributed by atoms with Crippen molar-refractivity contribution in [1.29, 1.82) is 0 Å². The van der Waals surface area contributed by atoms with Crippen LogP contribution in [0.2, 0.25) is 0 Å². The van der Waals surface area contributed by atoms with E-state index < -0.39 is 0 Å². The number of nitrogens with one attached hydrogen (secondary N) is 2. The van der Waals surface area contributed by atoms with Crippen molar-refractivity contribution in [3.63, 3.8) is 0 Å². The Bertz CT molecular complexity index is 642. The highest BCUT2D eigenvalue weighted by Gasteiger charge is 2.21. The molecule has 0 saturated carbocycles. The number of nitrogens with zero attached hydrogens (tertiary/aromatic N) is 3. The van der Waals surface area contributed by atoms with Crippen LogP contribution >= 0.6 is 0 Å². The maximum Gasteiger partial charge on any atom is 0.227 e. The van der Waals surface area contributed by atoms with E-state index in [1.54, 1.807) is 0 Å². The minimum Gasteiger partial charge on any atom is -0.357 e. The van der Waals surface area contributed by atoms with Crippen LogP contribution in [0.3, 0.4) is 0 Å². The molecule has 2 fully saturated rings. The first-order valence-electron chi connectivity index (χ1n) is 10.3. The lowest BCUT2D eigenvalue weighted by molar-refractivity contribution is -0.117. The zero-order valence-corrected chi connectivity index (χ0v) is 16.7. The fourth-order valence-corrected chi connectivity index (χ4v) is 3.90. The summed E-state index contributed by atoms with van der Waals surface area (Å²) in [6.45, 7) is 7.74. The third kappa shape index (κ3) is 5.70. The van der Waals surface area contributed by atoms with E-state index in [1.807, 2.05) is 17.0 Å². The Balaban J connectivity index is 1.53. The van der Waals surface area contributed by atoms with Gasteiger partial charge in [0, 0.05) is 38.3 Å². The van der Waals surface area contributed by atoms with Crippen LogP contribution in [0.25, 0.3) is 0 Å². The molecule has 2 N–H and O–H groups in total. The van der Waals surface area contributed by atoms with Gasteiger partial charge in [-0.2, -0.15) is 0 Å². The summed E-state index contributed by atoms with van der Waals surface area (Å²) in [5, 5.41) is 6.84. The zero-order chi connectivity index (χ0) is 19.1. The van der Waals surface area contributed by atoms with Gasteiger partial charge in [0.25, 0.3) is 0 Å². The lowest BCUT2D eigenvalue weighted by Crippen LogP contribution is -2.43. The molecule has 2 aliphatic rings. The summed E-state index contributed by atoms with van der Waals surface area (Å²) in [4.78, 5) is 20.9. The lowest BCUT2D eigenvalue weighted by Gasteiger charge is -2.30. The molecule has 6 heteroatoms. The largest absolute Gasteiger partial charge is 0.357 e. The first kappa shape index (κ1) is 19.7. The molecule has 0 bridgehead atoms. The molecule has 0 spiro atoms. The van der Waals surface area contributed by atoms with E-state index in [4.69, 9.17) is 4.99 Å². The number of benzene rings is 1. The molecule has 1 unspecified atom stereocenters. The fraction of sp³-hybridized carbons (Fsp3) is 0.619. The van der Waals surface area contributed by atoms with Crippen LogP contribution in [0.15, 0.2) is 29.3 Å². The van der Waals surface area contributed by atoms with Gasteiger partial charge in [0.2, 0.25) is 5.91 Å². The second-order valence-corrected chi connectivity index (χ2v) is 7.66. The van der Waals surface area contributed by atoms with Gasteiger partial charge in [-0.15, -0.1) is 0 Å². The van der Waals surface area contributed by atoms with E-state index in [1.165, 1.54) is 19.4 Å². The third-order valence-corrected chi connectivity index (χ3v) is 5.37. The highest BCUT2D eigenvalue weighted by atomic mass is 16.2. The molecule has 27 heavy (non-hydrogen) atoms. The lowest BCUT2D eigenvalue weighted by atomic mass is 9.99. The smallest absolute Gasteiger partial charge is 0.227 e. The number of rotatable bonds is 6. The van der Waals surface area contributed by atoms with Gasteiger partial charge in [-0.1, -0.05) is 12.1 Å². The molecule has 1 amide bonds. The van der Waals surface area contributed by atoms with Gasteiger partial charge < -0.3 is 20.4 Å². The van der Waals surface area contributed by atoms with Gasteiger partial charge in [-0.25, -0.2) is 4.99 Å². The molecule has 1 atom stereocenters. The molecule has 2 heterocycles. The van der Waals surface area contributed by atoms with Crippen molar-refractivity contribution in [1.82, 2.24) is 15.5 Å². The van der Waals surface area contributed by atoms with Crippen molar-refractivity contribution in [2.45, 2.75) is 39.2 Å². The normalized spacial score (nSPS) is 21.6. The van der Waals surface area contributed by atoms with Gasteiger partial charge in [0.15, 0.2) is 5.96 Å². The average molecular weight is 372 g/mol. The monoisotopic (exact) mass is 371 g/mol. The number of anilines is 1. The van der Waals surface area contributed by atoms with Gasteiger partial charge in [0.1, 0.15) is 0 Å². The van der Waals surface area contributed by atoms with Gasteiger partial charge >= 0.3 is 0 Å². The maximum atomic E-state index is 11.9. The van der Waals surface area contributed by atoms with Gasteiger partial charge in [-0.3, -0.25) is 4.79 Å². The molecular weight excluding hydrogens is 338 g/mol. The van der Waals surface area contributed by atoms with Crippen molar-refractivity contribution in [3.05, 3.63) is 29.8 Å². The van der Waals surface area contributed by atoms with E-state index in [-0.39, 0.29) is 5.91 Å². The predicted octanol–water partition coefficient (Wildman–Crippen LogP) is 2.21. The molecule has 6 nitrogen and oxygen atoms in total. The number of carbonyl (C=O) groups is 1. The van der Waals surface area contributed by atoms with Crippen molar-refractivity contribution in [2.24, 2.45) is 10.9 Å². The Labute approximate surface area is 163 Å². The number of piperidine rings is 1. The number of amides is 1. The van der Waals surface area contributed by atoms with Gasteiger partial charge in [0.05, 0.1) is 6.54 Å². The molecular formula is C21H33N5O. The molecule has 0 aliphatic carbocycles. The summed E-state index contributed by atoms with van der Waals surface area (Å²) in [5.74, 6) is 1.79. The van der Waals surface area contributed by atoms with Crippen LogP contribution < -0.4 is 15.5 Å². The molecule has 2 saturated heterocycles. The van der Waals surface area contributed by atoms with Crippen LogP contribution in [0.5, 0.6) is 0 Å². The topological polar surface area (TPSA) is 60.0 Å². The average Bonchev–Trinajstić information content (AvgIpc) is 3.10. The molecule has 0 radical (unpaired) electrons. The van der Waals surface area contributed by atoms with E-state index in [0.717, 1.165) is 49.8 Å². The van der Waals surface area contributed by atoms with E-state index >= 15 is 0 Å². The number of hydrogen-bond acceptors (Lipinski definition) is 3. The van der Waals surface area contributed by atoms with Crippen molar-refractivity contribution < 1.29 is 4.79 Å². The Morgan fingerprint density at radius 1 is 1.19 bits per heavy atom. The Hall–Kier alpha value is -2.08. The van der Waals surface area contributed by atoms with E-state index in [2.05, 4.69) is 41.6 Å². The third-order valence-electron chi connectivity index (χ3n) is 5.37. The number of likely N-dealkylation sites (tertiary alicyclic amines) is 1. The quantitative estimate of drug-likeness (QED) is 0.595. The second-order valence-electron chi connectivity index (χ2n) is 7.66. The van der Waals surface area contributed by atoms with Crippen molar-refractivity contribution in [3.8, 4) is 0 Å². The summed E-state index contributed by atoms with van der Waals surface area (Å²) in [5.41, 5.74) is 2.15. The Morgan fingerprint density at radius 3 is 2.67 bits per heavy atom. The van der Waals surface area contributed by atoms with Crippen LogP contribution in [-0.4, -0.2) is 56.5 Å². The summed E-state index contributed by atoms with van der Waals surface area (Å²) >= 11 is 0.